The summed E-state index contributed by atoms with van der Waals surface area (Å²) in [7, 11) is 0. The summed E-state index contributed by atoms with van der Waals surface area (Å²) in [5.74, 6) is 0.705. The first-order chi connectivity index (χ1) is 14.7. The Morgan fingerprint density at radius 1 is 0.867 bits per heavy atom. The molecule has 0 aliphatic heterocycles. The Hall–Kier alpha value is -3.00. The van der Waals surface area contributed by atoms with E-state index in [2.05, 4.69) is 30.6 Å². The van der Waals surface area contributed by atoms with Crippen molar-refractivity contribution < 1.29 is 4.74 Å². The Bertz CT molecular complexity index is 896. The predicted octanol–water partition coefficient (Wildman–Crippen LogP) is 3.88. The summed E-state index contributed by atoms with van der Waals surface area (Å²) in [5.41, 5.74) is 9.36. The number of ether oxygens (including phenoxy) is 1. The molecule has 1 saturated carbocycles. The molecule has 2 heterocycles. The molecule has 0 unspecified atom stereocenters. The fraction of sp³-hybridized carbons (Fsp3) is 0.455. The van der Waals surface area contributed by atoms with Gasteiger partial charge >= 0.3 is 0 Å². The lowest BCUT2D eigenvalue weighted by Crippen LogP contribution is -2.32. The molecule has 4 N–H and O–H groups in total. The fourth-order valence-electron chi connectivity index (χ4n) is 3.57. The van der Waals surface area contributed by atoms with Gasteiger partial charge in [0.05, 0.1) is 11.2 Å². The predicted molar refractivity (Wildman–Crippen MR) is 121 cm³/mol. The molecule has 1 aliphatic carbocycles. The molecular formula is C22H31N7O. The Morgan fingerprint density at radius 3 is 2.13 bits per heavy atom. The van der Waals surface area contributed by atoms with E-state index in [0.29, 0.717) is 23.7 Å². The molecule has 2 aromatic heterocycles. The van der Waals surface area contributed by atoms with Crippen LogP contribution in [0.5, 0.6) is 0 Å². The lowest BCUT2D eigenvalue weighted by atomic mass is 9.91. The summed E-state index contributed by atoms with van der Waals surface area (Å²) in [4.78, 5) is 17.3. The lowest BCUT2D eigenvalue weighted by Gasteiger charge is -2.30. The number of hydrogen-bond acceptors (Lipinski definition) is 8. The number of hydrogen-bond donors (Lipinski definition) is 3. The van der Waals surface area contributed by atoms with Crippen molar-refractivity contribution >= 4 is 28.4 Å². The van der Waals surface area contributed by atoms with Crippen molar-refractivity contribution in [2.24, 2.45) is 0 Å². The maximum absolute atomic E-state index is 6.01. The number of anilines is 3. The summed E-state index contributed by atoms with van der Waals surface area (Å²) in [6, 6.07) is 6.44. The first-order valence-corrected chi connectivity index (χ1v) is 10.6. The highest BCUT2D eigenvalue weighted by molar-refractivity contribution is 5.90. The molecule has 1 aromatic carbocycles. The largest absolute Gasteiger partial charge is 0.399 e. The van der Waals surface area contributed by atoms with Gasteiger partial charge in [0.1, 0.15) is 5.52 Å². The van der Waals surface area contributed by atoms with Crippen LogP contribution in [0.2, 0.25) is 0 Å². The highest BCUT2D eigenvalue weighted by Crippen LogP contribution is 2.28. The maximum atomic E-state index is 6.01. The van der Waals surface area contributed by atoms with Crippen LogP contribution in [0.1, 0.15) is 39.5 Å². The molecule has 30 heavy (non-hydrogen) atoms. The van der Waals surface area contributed by atoms with Gasteiger partial charge in [-0.2, -0.15) is 0 Å². The van der Waals surface area contributed by atoms with Gasteiger partial charge in [0.2, 0.25) is 5.95 Å². The molecule has 0 atom stereocenters. The molecule has 4 rings (SSSR count). The summed E-state index contributed by atoms with van der Waals surface area (Å²) in [6.45, 7) is 5.67. The van der Waals surface area contributed by atoms with E-state index in [-0.39, 0.29) is 0 Å². The van der Waals surface area contributed by atoms with Gasteiger partial charge in [-0.25, -0.2) is 9.97 Å². The van der Waals surface area contributed by atoms with E-state index >= 15 is 0 Å². The molecular weight excluding hydrogens is 378 g/mol. The van der Waals surface area contributed by atoms with Crippen molar-refractivity contribution in [3.8, 4) is 0 Å². The molecule has 0 amide bonds. The summed E-state index contributed by atoms with van der Waals surface area (Å²) >= 11 is 0. The van der Waals surface area contributed by atoms with Crippen LogP contribution in [-0.4, -0.2) is 45.2 Å². The van der Waals surface area contributed by atoms with Crippen molar-refractivity contribution in [3.63, 3.8) is 0 Å². The maximum Gasteiger partial charge on any atom is 0.222 e. The van der Waals surface area contributed by atoms with Gasteiger partial charge in [-0.3, -0.25) is 9.97 Å². The SMILES string of the molecule is CCOCC.Nc1cc(NC2CCC(Nc3ncccn3)CC2)c2nccnc2c1. The smallest absolute Gasteiger partial charge is 0.222 e. The summed E-state index contributed by atoms with van der Waals surface area (Å²) in [5, 5.41) is 7.02. The molecule has 0 spiro atoms. The third kappa shape index (κ3) is 6.25. The monoisotopic (exact) mass is 409 g/mol. The second-order valence-corrected chi connectivity index (χ2v) is 7.18. The molecule has 1 aliphatic rings. The van der Waals surface area contributed by atoms with Crippen molar-refractivity contribution in [2.75, 3.05) is 29.6 Å². The molecule has 8 nitrogen and oxygen atoms in total. The quantitative estimate of drug-likeness (QED) is 0.526. The minimum atomic E-state index is 0.404. The van der Waals surface area contributed by atoms with Crippen LogP contribution >= 0.6 is 0 Å². The number of benzene rings is 1. The Labute approximate surface area is 177 Å². The van der Waals surface area contributed by atoms with E-state index in [9.17, 15) is 0 Å². The zero-order chi connectivity index (χ0) is 21.2. The van der Waals surface area contributed by atoms with E-state index in [4.69, 9.17) is 10.5 Å². The molecule has 8 heteroatoms. The van der Waals surface area contributed by atoms with Crippen molar-refractivity contribution in [1.82, 2.24) is 19.9 Å². The van der Waals surface area contributed by atoms with Crippen LogP contribution < -0.4 is 16.4 Å². The summed E-state index contributed by atoms with van der Waals surface area (Å²) < 4.78 is 4.83. The third-order valence-corrected chi connectivity index (χ3v) is 4.99. The van der Waals surface area contributed by atoms with Gasteiger partial charge in [-0.1, -0.05) is 0 Å². The van der Waals surface area contributed by atoms with Crippen LogP contribution in [-0.2, 0) is 4.74 Å². The zero-order valence-electron chi connectivity index (χ0n) is 17.7. The van der Waals surface area contributed by atoms with E-state index < -0.39 is 0 Å². The van der Waals surface area contributed by atoms with Crippen LogP contribution in [0, 0.1) is 0 Å². The first-order valence-electron chi connectivity index (χ1n) is 10.6. The summed E-state index contributed by atoms with van der Waals surface area (Å²) in [6.07, 6.45) is 11.2. The second-order valence-electron chi connectivity index (χ2n) is 7.18. The topological polar surface area (TPSA) is 111 Å². The van der Waals surface area contributed by atoms with E-state index in [0.717, 1.165) is 55.6 Å². The first kappa shape index (κ1) is 21.7. The molecule has 0 bridgehead atoms. The molecule has 160 valence electrons. The number of aromatic nitrogens is 4. The van der Waals surface area contributed by atoms with Crippen LogP contribution in [0.15, 0.2) is 43.0 Å². The molecule has 1 fully saturated rings. The second kappa shape index (κ2) is 11.3. The number of fused-ring (bicyclic) bond motifs is 1. The third-order valence-electron chi connectivity index (χ3n) is 4.99. The van der Waals surface area contributed by atoms with Crippen molar-refractivity contribution in [2.45, 2.75) is 51.6 Å². The zero-order valence-corrected chi connectivity index (χ0v) is 17.7. The van der Waals surface area contributed by atoms with E-state index in [1.807, 2.05) is 32.0 Å². The fourth-order valence-corrected chi connectivity index (χ4v) is 3.57. The standard InChI is InChI=1S/C18H21N7.C4H10O/c19-12-10-15-17(21-9-8-20-15)16(11-12)24-13-2-4-14(5-3-13)25-18-22-6-1-7-23-18;1-3-5-4-2/h1,6-11,13-14,24H,2-5,19H2,(H,22,23,25);3-4H2,1-2H3. The van der Waals surface area contributed by atoms with Gasteiger partial charge in [0.25, 0.3) is 0 Å². The van der Waals surface area contributed by atoms with Crippen LogP contribution in [0.25, 0.3) is 11.0 Å². The van der Waals surface area contributed by atoms with Gasteiger partial charge in [0, 0.05) is 55.8 Å². The van der Waals surface area contributed by atoms with Crippen LogP contribution in [0.4, 0.5) is 17.3 Å². The number of nitrogens with two attached hydrogens (primary N) is 1. The normalized spacial score (nSPS) is 18.3. The highest BCUT2D eigenvalue weighted by Gasteiger charge is 2.22. The van der Waals surface area contributed by atoms with Gasteiger partial charge in [0.15, 0.2) is 0 Å². The number of nitrogen functional groups attached to an aromatic ring is 1. The minimum absolute atomic E-state index is 0.404. The van der Waals surface area contributed by atoms with Gasteiger partial charge in [-0.05, 0) is 57.7 Å². The average molecular weight is 410 g/mol. The number of nitrogens with one attached hydrogen (secondary N) is 2. The van der Waals surface area contributed by atoms with Crippen molar-refractivity contribution in [3.05, 3.63) is 43.0 Å². The number of nitrogens with zero attached hydrogens (tertiary/aromatic N) is 4. The molecule has 0 saturated heterocycles. The molecule has 0 radical (unpaired) electrons. The Kier molecular flexibility index (Phi) is 8.14. The van der Waals surface area contributed by atoms with E-state index in [1.165, 1.54) is 0 Å². The molecule has 3 aromatic rings. The van der Waals surface area contributed by atoms with Crippen LogP contribution in [0.3, 0.4) is 0 Å². The minimum Gasteiger partial charge on any atom is -0.399 e. The average Bonchev–Trinajstić information content (AvgIpc) is 2.77. The van der Waals surface area contributed by atoms with Crippen molar-refractivity contribution in [1.29, 1.82) is 0 Å². The van der Waals surface area contributed by atoms with E-state index in [1.54, 1.807) is 24.8 Å². The highest BCUT2D eigenvalue weighted by atomic mass is 16.5. The number of rotatable bonds is 6. The Balaban J connectivity index is 0.000000461. The van der Waals surface area contributed by atoms with Gasteiger partial charge in [-0.15, -0.1) is 0 Å². The lowest BCUT2D eigenvalue weighted by molar-refractivity contribution is 0.162. The Morgan fingerprint density at radius 2 is 1.50 bits per heavy atom. The van der Waals surface area contributed by atoms with Gasteiger partial charge < -0.3 is 21.1 Å².